The summed E-state index contributed by atoms with van der Waals surface area (Å²) in [6, 6.07) is 20.8. The van der Waals surface area contributed by atoms with Gasteiger partial charge in [-0.2, -0.15) is 0 Å². The van der Waals surface area contributed by atoms with E-state index in [4.69, 9.17) is 9.47 Å². The molecule has 2 aliphatic rings. The number of carbonyl (C=O) groups excluding carboxylic acids is 2. The summed E-state index contributed by atoms with van der Waals surface area (Å²) in [6.07, 6.45) is 8.22. The molecule has 0 saturated heterocycles. The van der Waals surface area contributed by atoms with E-state index in [0.29, 0.717) is 22.3 Å². The van der Waals surface area contributed by atoms with Crippen molar-refractivity contribution in [1.29, 1.82) is 0 Å². The first-order valence-electron chi connectivity index (χ1n) is 13.4. The van der Waals surface area contributed by atoms with Gasteiger partial charge in [-0.3, -0.25) is 9.69 Å². The summed E-state index contributed by atoms with van der Waals surface area (Å²) in [7, 11) is 3.18. The minimum atomic E-state index is -0.198. The Kier molecular flexibility index (Phi) is 8.73. The second-order valence-electron chi connectivity index (χ2n) is 9.58. The highest BCUT2D eigenvalue weighted by molar-refractivity contribution is 8.00. The third-order valence-corrected chi connectivity index (χ3v) is 9.91. The zero-order chi connectivity index (χ0) is 29.8. The number of para-hydroxylation sites is 1. The van der Waals surface area contributed by atoms with Crippen LogP contribution in [0, 0.1) is 0 Å². The number of allylic oxidation sites excluding steroid dienone is 2. The lowest BCUT2D eigenvalue weighted by Crippen LogP contribution is -2.49. The van der Waals surface area contributed by atoms with Gasteiger partial charge in [-0.1, -0.05) is 42.5 Å². The number of benzene rings is 3. The molecule has 0 fully saturated rings. The third-order valence-electron chi connectivity index (χ3n) is 6.85. The topological polar surface area (TPSA) is 92.8 Å². The lowest BCUT2D eigenvalue weighted by Gasteiger charge is -2.40. The van der Waals surface area contributed by atoms with E-state index < -0.39 is 0 Å². The van der Waals surface area contributed by atoms with Crippen molar-refractivity contribution in [3.05, 3.63) is 96.4 Å². The van der Waals surface area contributed by atoms with Crippen molar-refractivity contribution >= 4 is 63.3 Å². The second-order valence-corrected chi connectivity index (χ2v) is 12.7. The molecule has 2 unspecified atom stereocenters. The van der Waals surface area contributed by atoms with Crippen molar-refractivity contribution < 1.29 is 19.1 Å². The molecule has 6 rings (SSSR count). The molecule has 4 aromatic rings. The number of hydrogen-bond acceptors (Lipinski definition) is 8. The number of thioether (sulfide) groups is 2. The number of nitrogens with one attached hydrogen (secondary N) is 2. The largest absolute Gasteiger partial charge is 0.493 e. The van der Waals surface area contributed by atoms with E-state index >= 15 is 0 Å². The number of anilines is 3. The van der Waals surface area contributed by atoms with Crippen LogP contribution in [0.15, 0.2) is 106 Å². The van der Waals surface area contributed by atoms with Gasteiger partial charge in [-0.05, 0) is 48.5 Å². The lowest BCUT2D eigenvalue weighted by molar-refractivity contribution is -0.113. The first-order valence-corrected chi connectivity index (χ1v) is 16.2. The van der Waals surface area contributed by atoms with Crippen LogP contribution in [0.1, 0.15) is 0 Å². The van der Waals surface area contributed by atoms with Crippen LogP contribution in [-0.2, 0) is 4.79 Å². The molecule has 1 aromatic heterocycles. The summed E-state index contributed by atoms with van der Waals surface area (Å²) in [5.41, 5.74) is 3.15. The molecule has 0 saturated carbocycles. The SMILES string of the molecule is COc1ccc(-c2csc(NC(=O)CSc3cccc(NC(=O)N4c5ccccc5SC5C=CC=CC54)c3)n2)cc1OC. The van der Waals surface area contributed by atoms with E-state index in [1.807, 2.05) is 89.2 Å². The molecule has 2 N–H and O–H groups in total. The lowest BCUT2D eigenvalue weighted by atomic mass is 10.1. The Morgan fingerprint density at radius 3 is 2.65 bits per heavy atom. The molecular weight excluding hydrogens is 601 g/mol. The minimum Gasteiger partial charge on any atom is -0.493 e. The fraction of sp³-hybridized carbons (Fsp3) is 0.156. The Balaban J connectivity index is 1.07. The molecule has 0 spiro atoms. The highest BCUT2D eigenvalue weighted by Crippen LogP contribution is 2.43. The number of carbonyl (C=O) groups is 2. The van der Waals surface area contributed by atoms with Crippen LogP contribution in [0.2, 0.25) is 0 Å². The van der Waals surface area contributed by atoms with Crippen LogP contribution in [0.5, 0.6) is 11.5 Å². The standard InChI is InChI=1S/C32H28N4O4S3/c1-39-26-15-14-20(16-27(26)40-2)23-18-42-31(34-23)35-30(37)19-41-22-9-7-8-21(17-22)33-32(38)36-24-10-3-5-12-28(24)43-29-13-6-4-11-25(29)36/h3-18,24,28H,19H2,1-2H3,(H,33,38)(H,34,35,37). The van der Waals surface area contributed by atoms with Gasteiger partial charge >= 0.3 is 6.03 Å². The van der Waals surface area contributed by atoms with Gasteiger partial charge in [0.05, 0.1) is 42.6 Å². The maximum absolute atomic E-state index is 13.6. The van der Waals surface area contributed by atoms with Crippen LogP contribution in [0.3, 0.4) is 0 Å². The number of rotatable bonds is 8. The summed E-state index contributed by atoms with van der Waals surface area (Å²) < 4.78 is 10.7. The molecule has 43 heavy (non-hydrogen) atoms. The van der Waals surface area contributed by atoms with Gasteiger partial charge in [0, 0.05) is 26.4 Å². The molecular formula is C32H28N4O4S3. The number of aromatic nitrogens is 1. The van der Waals surface area contributed by atoms with Gasteiger partial charge < -0.3 is 20.1 Å². The Labute approximate surface area is 262 Å². The molecule has 0 radical (unpaired) electrons. The number of ether oxygens (including phenoxy) is 2. The van der Waals surface area contributed by atoms with E-state index in [1.54, 1.807) is 26.0 Å². The maximum Gasteiger partial charge on any atom is 0.326 e. The third kappa shape index (κ3) is 6.43. The molecule has 0 bridgehead atoms. The Morgan fingerprint density at radius 2 is 1.79 bits per heavy atom. The average molecular weight is 629 g/mol. The van der Waals surface area contributed by atoms with Crippen LogP contribution in [-0.4, -0.2) is 48.2 Å². The first-order chi connectivity index (χ1) is 21.0. The van der Waals surface area contributed by atoms with E-state index in [1.165, 1.54) is 23.1 Å². The van der Waals surface area contributed by atoms with Gasteiger partial charge in [-0.25, -0.2) is 9.78 Å². The van der Waals surface area contributed by atoms with Crippen molar-refractivity contribution in [3.8, 4) is 22.8 Å². The van der Waals surface area contributed by atoms with Crippen LogP contribution < -0.4 is 25.0 Å². The summed E-state index contributed by atoms with van der Waals surface area (Å²) >= 11 is 4.52. The number of fused-ring (bicyclic) bond motifs is 2. The summed E-state index contributed by atoms with van der Waals surface area (Å²) in [5, 5.41) is 8.50. The molecule has 3 aromatic carbocycles. The quantitative estimate of drug-likeness (QED) is 0.195. The van der Waals surface area contributed by atoms with E-state index in [0.717, 1.165) is 26.7 Å². The van der Waals surface area contributed by atoms with Gasteiger partial charge in [0.15, 0.2) is 16.6 Å². The van der Waals surface area contributed by atoms with Gasteiger partial charge in [0.25, 0.3) is 0 Å². The number of thiazole rings is 1. The van der Waals surface area contributed by atoms with Crippen LogP contribution in [0.25, 0.3) is 11.3 Å². The highest BCUT2D eigenvalue weighted by Gasteiger charge is 2.36. The first kappa shape index (κ1) is 28.9. The molecule has 3 amide bonds. The molecule has 1 aliphatic carbocycles. The fourth-order valence-electron chi connectivity index (χ4n) is 4.84. The molecule has 8 nitrogen and oxygen atoms in total. The highest BCUT2D eigenvalue weighted by atomic mass is 32.2. The summed E-state index contributed by atoms with van der Waals surface area (Å²) in [4.78, 5) is 34.7. The summed E-state index contributed by atoms with van der Waals surface area (Å²) in [6.45, 7) is 0. The molecule has 218 valence electrons. The Hall–Kier alpha value is -4.19. The Bertz CT molecular complexity index is 1720. The van der Waals surface area contributed by atoms with Crippen molar-refractivity contribution in [3.63, 3.8) is 0 Å². The van der Waals surface area contributed by atoms with E-state index in [9.17, 15) is 9.59 Å². The monoisotopic (exact) mass is 628 g/mol. The maximum atomic E-state index is 13.6. The van der Waals surface area contributed by atoms with E-state index in [-0.39, 0.29) is 29.0 Å². The van der Waals surface area contributed by atoms with Crippen molar-refractivity contribution in [2.45, 2.75) is 21.1 Å². The van der Waals surface area contributed by atoms with Crippen LogP contribution in [0.4, 0.5) is 21.3 Å². The number of methoxy groups -OCH3 is 2. The van der Waals surface area contributed by atoms with Gasteiger partial charge in [0.1, 0.15) is 0 Å². The zero-order valence-corrected chi connectivity index (χ0v) is 25.8. The van der Waals surface area contributed by atoms with Crippen LogP contribution >= 0.6 is 34.9 Å². The van der Waals surface area contributed by atoms with E-state index in [2.05, 4.69) is 27.8 Å². The molecule has 2 atom stereocenters. The number of urea groups is 1. The molecule has 11 heteroatoms. The van der Waals surface area contributed by atoms with Crippen molar-refractivity contribution in [2.24, 2.45) is 0 Å². The van der Waals surface area contributed by atoms with Gasteiger partial charge in [-0.15, -0.1) is 34.9 Å². The zero-order valence-electron chi connectivity index (χ0n) is 23.4. The predicted molar refractivity (Wildman–Crippen MR) is 176 cm³/mol. The summed E-state index contributed by atoms with van der Waals surface area (Å²) in [5.74, 6) is 1.28. The minimum absolute atomic E-state index is 0.0794. The fourth-order valence-corrected chi connectivity index (χ4v) is 7.59. The number of amides is 3. The second kappa shape index (κ2) is 13.0. The normalized spacial score (nSPS) is 16.7. The predicted octanol–water partition coefficient (Wildman–Crippen LogP) is 7.57. The molecule has 1 aliphatic heterocycles. The Morgan fingerprint density at radius 1 is 0.953 bits per heavy atom. The van der Waals surface area contributed by atoms with Crippen molar-refractivity contribution in [1.82, 2.24) is 4.98 Å². The number of hydrogen-bond donors (Lipinski definition) is 2. The number of nitrogens with zero attached hydrogens (tertiary/aromatic N) is 2. The smallest absolute Gasteiger partial charge is 0.326 e. The average Bonchev–Trinajstić information content (AvgIpc) is 3.50. The molecule has 2 heterocycles. The van der Waals surface area contributed by atoms with Crippen molar-refractivity contribution in [2.75, 3.05) is 35.5 Å². The van der Waals surface area contributed by atoms with Gasteiger partial charge in [0.2, 0.25) is 5.91 Å².